The molecule has 3 rings (SSSR count). The molecule has 8 nitrogen and oxygen atoms in total. The molecule has 0 aliphatic carbocycles. The summed E-state index contributed by atoms with van der Waals surface area (Å²) in [6.45, 7) is 7.12. The molecule has 0 saturated carbocycles. The number of carboxylic acids is 1. The maximum atomic E-state index is 14.5. The first kappa shape index (κ1) is 29.2. The van der Waals surface area contributed by atoms with E-state index >= 15 is 0 Å². The van der Waals surface area contributed by atoms with Crippen LogP contribution in [0.4, 0.5) is 10.1 Å². The van der Waals surface area contributed by atoms with Crippen LogP contribution in [0.2, 0.25) is 10.0 Å². The molecule has 0 atom stereocenters. The van der Waals surface area contributed by atoms with Crippen LogP contribution in [-0.4, -0.2) is 30.9 Å². The van der Waals surface area contributed by atoms with Gasteiger partial charge in [-0.25, -0.2) is 12.8 Å². The van der Waals surface area contributed by atoms with Gasteiger partial charge in [0.25, 0.3) is 15.9 Å². The summed E-state index contributed by atoms with van der Waals surface area (Å²) in [5, 5.41) is 11.6. The number of rotatable bonds is 8. The van der Waals surface area contributed by atoms with Crippen molar-refractivity contribution in [2.24, 2.45) is 0 Å². The molecule has 0 aliphatic heterocycles. The number of hydrogen-bond donors (Lipinski definition) is 3. The number of aryl methyl sites for hydroxylation is 1. The molecule has 0 saturated heterocycles. The van der Waals surface area contributed by atoms with Crippen LogP contribution in [0.3, 0.4) is 0 Å². The minimum atomic E-state index is -4.26. The molecule has 3 aromatic rings. The summed E-state index contributed by atoms with van der Waals surface area (Å²) in [4.78, 5) is 23.5. The number of sulfonamides is 1. The molecular formula is C26H25Cl2FN2O6S. The van der Waals surface area contributed by atoms with Crippen molar-refractivity contribution in [3.63, 3.8) is 0 Å². The quantitative estimate of drug-likeness (QED) is 0.291. The first-order valence-corrected chi connectivity index (χ1v) is 13.4. The molecule has 3 aromatic carbocycles. The molecule has 1 amide bonds. The van der Waals surface area contributed by atoms with Gasteiger partial charge in [-0.3, -0.25) is 14.3 Å². The Bertz CT molecular complexity index is 1520. The SMILES string of the molecule is Cc1ccc(S(=O)(=O)Nc2cc(C(=O)NC(C)(C)C)ccc2Oc2cc(F)c(CC(=O)O)cc2Cl)c(Cl)c1. The fourth-order valence-corrected chi connectivity index (χ4v) is 5.23. The van der Waals surface area contributed by atoms with Gasteiger partial charge < -0.3 is 15.2 Å². The van der Waals surface area contributed by atoms with Gasteiger partial charge in [0.1, 0.15) is 16.5 Å². The second-order valence-electron chi connectivity index (χ2n) is 9.50. The van der Waals surface area contributed by atoms with Crippen LogP contribution in [0.25, 0.3) is 0 Å². The number of aliphatic carboxylic acids is 1. The number of nitrogens with one attached hydrogen (secondary N) is 2. The van der Waals surface area contributed by atoms with E-state index in [4.69, 9.17) is 33.0 Å². The van der Waals surface area contributed by atoms with Crippen LogP contribution in [0.5, 0.6) is 11.5 Å². The second kappa shape index (κ2) is 11.2. The molecular weight excluding hydrogens is 558 g/mol. The summed E-state index contributed by atoms with van der Waals surface area (Å²) in [5.41, 5.74) is 0.00793. The number of halogens is 3. The van der Waals surface area contributed by atoms with Crippen molar-refractivity contribution >= 4 is 50.8 Å². The largest absolute Gasteiger partial charge is 0.481 e. The molecule has 202 valence electrons. The summed E-state index contributed by atoms with van der Waals surface area (Å²) in [5.74, 6) is -2.89. The maximum absolute atomic E-state index is 14.5. The summed E-state index contributed by atoms with van der Waals surface area (Å²) in [6, 6.07) is 10.4. The van der Waals surface area contributed by atoms with E-state index in [0.717, 1.165) is 17.7 Å². The van der Waals surface area contributed by atoms with Gasteiger partial charge in [0.2, 0.25) is 0 Å². The minimum Gasteiger partial charge on any atom is -0.481 e. The number of anilines is 1. The van der Waals surface area contributed by atoms with Crippen LogP contribution in [0.15, 0.2) is 53.4 Å². The van der Waals surface area contributed by atoms with Crippen molar-refractivity contribution in [1.82, 2.24) is 5.32 Å². The zero-order chi connectivity index (χ0) is 28.4. The Morgan fingerprint density at radius 3 is 2.29 bits per heavy atom. The molecule has 0 heterocycles. The third-order valence-electron chi connectivity index (χ3n) is 5.01. The number of carbonyl (C=O) groups excluding carboxylic acids is 1. The summed E-state index contributed by atoms with van der Waals surface area (Å²) in [7, 11) is -4.26. The predicted molar refractivity (Wildman–Crippen MR) is 143 cm³/mol. The standard InChI is InChI=1S/C26H25Cl2FN2O6S/c1-14-5-8-23(18(28)9-14)38(35,36)31-20-11-15(25(34)30-26(2,3)4)6-7-21(20)37-22-13-19(29)16(10-17(22)27)12-24(32)33/h5-11,13,31H,12H2,1-4H3,(H,30,34)(H,32,33). The Balaban J connectivity index is 2.07. The number of carbonyl (C=O) groups is 2. The van der Waals surface area contributed by atoms with Crippen molar-refractivity contribution in [2.45, 2.75) is 44.6 Å². The third-order valence-corrected chi connectivity index (χ3v) is 7.16. The van der Waals surface area contributed by atoms with Crippen molar-refractivity contribution in [3.05, 3.63) is 81.1 Å². The van der Waals surface area contributed by atoms with Gasteiger partial charge in [-0.15, -0.1) is 0 Å². The Morgan fingerprint density at radius 2 is 1.68 bits per heavy atom. The van der Waals surface area contributed by atoms with Gasteiger partial charge in [-0.2, -0.15) is 0 Å². The highest BCUT2D eigenvalue weighted by atomic mass is 35.5. The van der Waals surface area contributed by atoms with Crippen LogP contribution >= 0.6 is 23.2 Å². The lowest BCUT2D eigenvalue weighted by Crippen LogP contribution is -2.40. The summed E-state index contributed by atoms with van der Waals surface area (Å²) < 4.78 is 49.1. The van der Waals surface area contributed by atoms with E-state index in [1.54, 1.807) is 33.8 Å². The monoisotopic (exact) mass is 582 g/mol. The highest BCUT2D eigenvalue weighted by molar-refractivity contribution is 7.92. The van der Waals surface area contributed by atoms with E-state index in [0.29, 0.717) is 0 Å². The van der Waals surface area contributed by atoms with Crippen molar-refractivity contribution < 1.29 is 32.2 Å². The lowest BCUT2D eigenvalue weighted by atomic mass is 10.1. The highest BCUT2D eigenvalue weighted by Crippen LogP contribution is 2.37. The number of hydrogen-bond acceptors (Lipinski definition) is 5. The third kappa shape index (κ3) is 7.37. The highest BCUT2D eigenvalue weighted by Gasteiger charge is 2.23. The smallest absolute Gasteiger partial charge is 0.307 e. The topological polar surface area (TPSA) is 122 Å². The van der Waals surface area contributed by atoms with Crippen LogP contribution in [-0.2, 0) is 21.2 Å². The van der Waals surface area contributed by atoms with Gasteiger partial charge in [-0.05, 0) is 69.7 Å². The van der Waals surface area contributed by atoms with E-state index in [1.165, 1.54) is 30.3 Å². The van der Waals surface area contributed by atoms with Gasteiger partial charge >= 0.3 is 5.97 Å². The minimum absolute atomic E-state index is 0.0132. The average molecular weight is 583 g/mol. The number of benzene rings is 3. The Kier molecular flexibility index (Phi) is 8.60. The average Bonchev–Trinajstić information content (AvgIpc) is 2.76. The Hall–Kier alpha value is -3.34. The number of amides is 1. The fourth-order valence-electron chi connectivity index (χ4n) is 3.34. The van der Waals surface area contributed by atoms with E-state index in [1.807, 2.05) is 0 Å². The van der Waals surface area contributed by atoms with E-state index < -0.39 is 39.7 Å². The van der Waals surface area contributed by atoms with Gasteiger partial charge in [0.15, 0.2) is 5.75 Å². The van der Waals surface area contributed by atoms with E-state index in [-0.39, 0.29) is 43.3 Å². The zero-order valence-corrected chi connectivity index (χ0v) is 23.2. The first-order chi connectivity index (χ1) is 17.6. The van der Waals surface area contributed by atoms with Gasteiger partial charge in [-0.1, -0.05) is 29.3 Å². The normalized spacial score (nSPS) is 11.7. The molecule has 0 aromatic heterocycles. The molecule has 12 heteroatoms. The molecule has 0 radical (unpaired) electrons. The van der Waals surface area contributed by atoms with Crippen LogP contribution in [0, 0.1) is 12.7 Å². The maximum Gasteiger partial charge on any atom is 0.307 e. The van der Waals surface area contributed by atoms with E-state index in [2.05, 4.69) is 10.0 Å². The lowest BCUT2D eigenvalue weighted by molar-refractivity contribution is -0.136. The molecule has 0 unspecified atom stereocenters. The number of carboxylic acid groups (broad SMARTS) is 1. The van der Waals surface area contributed by atoms with Crippen LogP contribution < -0.4 is 14.8 Å². The van der Waals surface area contributed by atoms with E-state index in [9.17, 15) is 22.4 Å². The first-order valence-electron chi connectivity index (χ1n) is 11.2. The summed E-state index contributed by atoms with van der Waals surface area (Å²) in [6.07, 6.45) is -0.591. The van der Waals surface area contributed by atoms with Crippen molar-refractivity contribution in [2.75, 3.05) is 4.72 Å². The number of ether oxygens (including phenoxy) is 1. The van der Waals surface area contributed by atoms with Crippen molar-refractivity contribution in [1.29, 1.82) is 0 Å². The zero-order valence-electron chi connectivity index (χ0n) is 20.9. The Labute approximate surface area is 229 Å². The van der Waals surface area contributed by atoms with Gasteiger partial charge in [0, 0.05) is 22.7 Å². The summed E-state index contributed by atoms with van der Waals surface area (Å²) >= 11 is 12.4. The lowest BCUT2D eigenvalue weighted by Gasteiger charge is -2.21. The molecule has 0 fully saturated rings. The Morgan fingerprint density at radius 1 is 1.00 bits per heavy atom. The molecule has 0 bridgehead atoms. The molecule has 0 aliphatic rings. The molecule has 38 heavy (non-hydrogen) atoms. The fraction of sp³-hybridized carbons (Fsp3) is 0.231. The second-order valence-corrected chi connectivity index (χ2v) is 12.0. The molecule has 0 spiro atoms. The van der Waals surface area contributed by atoms with Gasteiger partial charge in [0.05, 0.1) is 22.2 Å². The predicted octanol–water partition coefficient (Wildman–Crippen LogP) is 6.19. The molecule has 3 N–H and O–H groups in total. The van der Waals surface area contributed by atoms with Crippen molar-refractivity contribution in [3.8, 4) is 11.5 Å². The van der Waals surface area contributed by atoms with Crippen LogP contribution in [0.1, 0.15) is 42.3 Å².